The van der Waals surface area contributed by atoms with Crippen molar-refractivity contribution >= 4 is 23.0 Å². The van der Waals surface area contributed by atoms with Crippen molar-refractivity contribution in [2.75, 3.05) is 6.61 Å². The molecule has 7 heteroatoms. The Bertz CT molecular complexity index is 1250. The number of carbonyl (C=O) groups is 1. The van der Waals surface area contributed by atoms with Crippen LogP contribution in [0.5, 0.6) is 11.5 Å². The first kappa shape index (κ1) is 20.2. The van der Waals surface area contributed by atoms with E-state index in [1.165, 1.54) is 0 Å². The zero-order chi connectivity index (χ0) is 21.8. The maximum Gasteiger partial charge on any atom is 0.277 e. The summed E-state index contributed by atoms with van der Waals surface area (Å²) < 4.78 is 7.68. The quantitative estimate of drug-likeness (QED) is 0.370. The largest absolute Gasteiger partial charge is 0.508 e. The number of pyridine rings is 1. The lowest BCUT2D eigenvalue weighted by Gasteiger charge is -2.09. The molecule has 2 aromatic carbocycles. The van der Waals surface area contributed by atoms with Gasteiger partial charge in [-0.15, -0.1) is 0 Å². The zero-order valence-electron chi connectivity index (χ0n) is 17.2. The minimum Gasteiger partial charge on any atom is -0.508 e. The molecule has 0 aliphatic carbocycles. The van der Waals surface area contributed by atoms with E-state index in [2.05, 4.69) is 20.1 Å². The maximum absolute atomic E-state index is 12.2. The summed E-state index contributed by atoms with van der Waals surface area (Å²) in [5.74, 6) is 0.406. The van der Waals surface area contributed by atoms with E-state index >= 15 is 0 Å². The number of aromatic hydroxyl groups is 1. The van der Waals surface area contributed by atoms with Gasteiger partial charge in [-0.25, -0.2) is 5.43 Å². The van der Waals surface area contributed by atoms with Crippen molar-refractivity contribution in [2.24, 2.45) is 5.10 Å². The van der Waals surface area contributed by atoms with Crippen molar-refractivity contribution in [3.8, 4) is 17.2 Å². The summed E-state index contributed by atoms with van der Waals surface area (Å²) in [6, 6.07) is 18.3. The fourth-order valence-corrected chi connectivity index (χ4v) is 3.46. The normalized spacial score (nSPS) is 11.2. The summed E-state index contributed by atoms with van der Waals surface area (Å²) >= 11 is 0. The molecule has 2 aromatic heterocycles. The second-order valence-corrected chi connectivity index (χ2v) is 7.09. The fourth-order valence-electron chi connectivity index (χ4n) is 3.46. The van der Waals surface area contributed by atoms with Crippen LogP contribution in [0.4, 0.5) is 0 Å². The van der Waals surface area contributed by atoms with Crippen molar-refractivity contribution in [3.63, 3.8) is 0 Å². The Kier molecular flexibility index (Phi) is 5.66. The van der Waals surface area contributed by atoms with Gasteiger partial charge < -0.3 is 14.4 Å². The van der Waals surface area contributed by atoms with Gasteiger partial charge in [0.2, 0.25) is 0 Å². The number of carbonyl (C=O) groups excluding carboxylic acids is 1. The van der Waals surface area contributed by atoms with E-state index in [0.29, 0.717) is 11.3 Å². The Morgan fingerprint density at radius 2 is 1.94 bits per heavy atom. The summed E-state index contributed by atoms with van der Waals surface area (Å²) in [5, 5.41) is 14.5. The van der Waals surface area contributed by atoms with Crippen molar-refractivity contribution in [2.45, 2.75) is 13.8 Å². The molecule has 0 bridgehead atoms. The number of amides is 1. The second kappa shape index (κ2) is 8.71. The Balaban J connectivity index is 1.40. The van der Waals surface area contributed by atoms with Crippen LogP contribution in [0.3, 0.4) is 0 Å². The summed E-state index contributed by atoms with van der Waals surface area (Å²) in [7, 11) is 0. The molecule has 31 heavy (non-hydrogen) atoms. The van der Waals surface area contributed by atoms with Gasteiger partial charge in [0.15, 0.2) is 6.61 Å². The predicted molar refractivity (Wildman–Crippen MR) is 120 cm³/mol. The van der Waals surface area contributed by atoms with E-state index in [-0.39, 0.29) is 18.3 Å². The van der Waals surface area contributed by atoms with Gasteiger partial charge in [0, 0.05) is 34.2 Å². The fraction of sp³-hybridized carbons (Fsp3) is 0.125. The molecule has 0 saturated heterocycles. The molecule has 2 N–H and O–H groups in total. The molecule has 4 rings (SSSR count). The number of phenols is 1. The summed E-state index contributed by atoms with van der Waals surface area (Å²) in [6.07, 6.45) is 3.30. The van der Waals surface area contributed by atoms with Crippen LogP contribution in [-0.2, 0) is 4.79 Å². The van der Waals surface area contributed by atoms with Crippen LogP contribution in [0.25, 0.3) is 16.6 Å². The first-order valence-corrected chi connectivity index (χ1v) is 9.80. The van der Waals surface area contributed by atoms with Crippen LogP contribution in [0.1, 0.15) is 17.0 Å². The minimum absolute atomic E-state index is 0.167. The molecule has 0 unspecified atom stereocenters. The number of aromatic nitrogens is 2. The third kappa shape index (κ3) is 4.40. The highest BCUT2D eigenvalue weighted by Gasteiger charge is 2.10. The van der Waals surface area contributed by atoms with Gasteiger partial charge in [0.1, 0.15) is 17.0 Å². The number of ether oxygens (including phenoxy) is 1. The summed E-state index contributed by atoms with van der Waals surface area (Å²) in [4.78, 5) is 16.5. The zero-order valence-corrected chi connectivity index (χ0v) is 17.2. The number of rotatable bonds is 6. The Morgan fingerprint density at radius 1 is 1.16 bits per heavy atom. The molecule has 2 heterocycles. The van der Waals surface area contributed by atoms with E-state index in [1.54, 1.807) is 30.6 Å². The molecular weight excluding hydrogens is 392 g/mol. The van der Waals surface area contributed by atoms with E-state index in [4.69, 9.17) is 4.74 Å². The molecule has 1 amide bonds. The van der Waals surface area contributed by atoms with Crippen LogP contribution in [0, 0.1) is 13.8 Å². The average molecular weight is 414 g/mol. The molecule has 0 atom stereocenters. The molecule has 0 fully saturated rings. The van der Waals surface area contributed by atoms with Gasteiger partial charge in [-0.3, -0.25) is 9.78 Å². The monoisotopic (exact) mass is 414 g/mol. The Morgan fingerprint density at radius 3 is 2.74 bits per heavy atom. The van der Waals surface area contributed by atoms with E-state index in [1.807, 2.05) is 56.3 Å². The molecule has 7 nitrogen and oxygen atoms in total. The van der Waals surface area contributed by atoms with E-state index in [0.717, 1.165) is 28.0 Å². The minimum atomic E-state index is -0.364. The van der Waals surface area contributed by atoms with E-state index in [9.17, 15) is 9.90 Å². The number of hydrogen-bond acceptors (Lipinski definition) is 5. The van der Waals surface area contributed by atoms with Crippen LogP contribution in [0.15, 0.2) is 72.0 Å². The molecule has 156 valence electrons. The van der Waals surface area contributed by atoms with E-state index < -0.39 is 0 Å². The number of para-hydroxylation sites is 1. The number of benzene rings is 2. The van der Waals surface area contributed by atoms with Crippen LogP contribution in [-0.4, -0.2) is 33.4 Å². The average Bonchev–Trinajstić information content (AvgIpc) is 3.06. The highest BCUT2D eigenvalue weighted by molar-refractivity contribution is 5.86. The number of nitrogens with one attached hydrogen (secondary N) is 1. The number of hydrazone groups is 1. The number of phenolic OH excluding ortho intramolecular Hbond substituents is 1. The van der Waals surface area contributed by atoms with Crippen molar-refractivity contribution in [3.05, 3.63) is 83.8 Å². The lowest BCUT2D eigenvalue weighted by molar-refractivity contribution is -0.123. The van der Waals surface area contributed by atoms with Crippen molar-refractivity contribution in [1.29, 1.82) is 0 Å². The van der Waals surface area contributed by atoms with Gasteiger partial charge in [0.05, 0.1) is 6.21 Å². The van der Waals surface area contributed by atoms with Crippen LogP contribution in [0.2, 0.25) is 0 Å². The highest BCUT2D eigenvalue weighted by Crippen LogP contribution is 2.23. The van der Waals surface area contributed by atoms with Gasteiger partial charge in [-0.2, -0.15) is 5.10 Å². The summed E-state index contributed by atoms with van der Waals surface area (Å²) in [6.45, 7) is 3.79. The summed E-state index contributed by atoms with van der Waals surface area (Å²) in [5.41, 5.74) is 7.01. The number of hydrogen-bond donors (Lipinski definition) is 2. The number of fused-ring (bicyclic) bond motifs is 1. The Labute approximate surface area is 179 Å². The van der Waals surface area contributed by atoms with Crippen LogP contribution < -0.4 is 10.2 Å². The number of aryl methyl sites for hydroxylation is 1. The number of nitrogens with zero attached hydrogens (tertiary/aromatic N) is 3. The SMILES string of the molecule is Cc1cc(C=NNC(=O)COc2cccc3cccnc23)c(C)n1-c1ccc(O)cc1. The lowest BCUT2D eigenvalue weighted by atomic mass is 10.2. The van der Waals surface area contributed by atoms with Crippen molar-refractivity contribution in [1.82, 2.24) is 15.0 Å². The highest BCUT2D eigenvalue weighted by atomic mass is 16.5. The maximum atomic E-state index is 12.2. The molecule has 0 aliphatic heterocycles. The van der Waals surface area contributed by atoms with Gasteiger partial charge in [0.25, 0.3) is 5.91 Å². The van der Waals surface area contributed by atoms with Gasteiger partial charge in [-0.1, -0.05) is 18.2 Å². The smallest absolute Gasteiger partial charge is 0.277 e. The first-order valence-electron chi connectivity index (χ1n) is 9.80. The second-order valence-electron chi connectivity index (χ2n) is 7.09. The third-order valence-electron chi connectivity index (χ3n) is 4.93. The molecule has 4 aromatic rings. The Hall–Kier alpha value is -4.13. The molecule has 0 radical (unpaired) electrons. The van der Waals surface area contributed by atoms with Crippen LogP contribution >= 0.6 is 0 Å². The molecule has 0 spiro atoms. The standard InChI is InChI=1S/C24H22N4O3/c1-16-13-19(17(2)28(16)20-8-10-21(29)11-9-20)14-26-27-23(30)15-31-22-7-3-5-18-6-4-12-25-24(18)22/h3-14,29H,15H2,1-2H3,(H,27,30). The van der Waals surface area contributed by atoms with Gasteiger partial charge in [-0.05, 0) is 56.3 Å². The van der Waals surface area contributed by atoms with Crippen molar-refractivity contribution < 1.29 is 14.6 Å². The molecule has 0 saturated carbocycles. The topological polar surface area (TPSA) is 88.7 Å². The predicted octanol–water partition coefficient (Wildman–Crippen LogP) is 3.88. The molecular formula is C24H22N4O3. The molecule has 0 aliphatic rings. The first-order chi connectivity index (χ1) is 15.0. The third-order valence-corrected chi connectivity index (χ3v) is 4.93. The van der Waals surface area contributed by atoms with Gasteiger partial charge >= 0.3 is 0 Å². The lowest BCUT2D eigenvalue weighted by Crippen LogP contribution is -2.24.